The number of carboxylic acids is 1. The molecule has 0 bridgehead atoms. The van der Waals surface area contributed by atoms with Gasteiger partial charge in [0.05, 0.1) is 17.4 Å². The first-order valence-electron chi connectivity index (χ1n) is 9.68. The minimum atomic E-state index is -4.88. The number of carboxylic acid groups (broad SMARTS) is 1. The van der Waals surface area contributed by atoms with Crippen LogP contribution in [0, 0.1) is 0 Å². The molecule has 2 rings (SSSR count). The molecular weight excluding hydrogens is 433 g/mol. The fourth-order valence-corrected chi connectivity index (χ4v) is 3.56. The van der Waals surface area contributed by atoms with Crippen LogP contribution in [0.1, 0.15) is 22.8 Å². The Bertz CT molecular complexity index is 966. The maximum absolute atomic E-state index is 13.6. The third kappa shape index (κ3) is 7.24. The molecule has 0 amide bonds. The Hall–Kier alpha value is -2.60. The summed E-state index contributed by atoms with van der Waals surface area (Å²) in [5, 5.41) is 15.4. The molecule has 2 N–H and O–H groups in total. The van der Waals surface area contributed by atoms with Gasteiger partial charge in [-0.3, -0.25) is 4.79 Å². The first-order chi connectivity index (χ1) is 14.3. The van der Waals surface area contributed by atoms with E-state index in [1.807, 2.05) is 0 Å². The monoisotopic (exact) mass is 460 g/mol. The molecule has 2 heterocycles. The maximum atomic E-state index is 13.6. The van der Waals surface area contributed by atoms with E-state index in [2.05, 4.69) is 30.1 Å². The van der Waals surface area contributed by atoms with Gasteiger partial charge >= 0.3 is 12.1 Å². The van der Waals surface area contributed by atoms with Crippen LogP contribution in [0.2, 0.25) is 25.7 Å². The lowest BCUT2D eigenvalue weighted by Gasteiger charge is -2.20. The molecule has 0 saturated carbocycles. The van der Waals surface area contributed by atoms with Gasteiger partial charge in [0.25, 0.3) is 5.56 Å². The topological polar surface area (TPSA) is 98.4 Å². The smallest absolute Gasteiger partial charge is 0.423 e. The number of hydrogen-bond acceptors (Lipinski definition) is 5. The summed E-state index contributed by atoms with van der Waals surface area (Å²) >= 11 is 0. The molecule has 0 spiro atoms. The van der Waals surface area contributed by atoms with Gasteiger partial charge in [0.2, 0.25) is 0 Å². The van der Waals surface area contributed by atoms with Crippen LogP contribution in [0.15, 0.2) is 29.5 Å². The van der Waals surface area contributed by atoms with Crippen LogP contribution in [0.4, 0.5) is 18.9 Å². The number of halogens is 3. The molecule has 31 heavy (non-hydrogen) atoms. The second kappa shape index (κ2) is 9.69. The number of carbonyl (C=O) groups is 1. The standard InChI is InChI=1S/C19H27F3N4O4Si/c1-13(10-25-6-5-14(11-25)18(28)29)24-15-9-23-26(12-30-7-8-31(2,3)4)17(27)16(15)19(20,21)22/h5-6,9,11,13,24H,7-8,10,12H2,1-4H3,(H,28,29)/t13-/m0/s1. The molecule has 12 heteroatoms. The van der Waals surface area contributed by atoms with Crippen LogP contribution in [-0.4, -0.2) is 46.1 Å². The largest absolute Gasteiger partial charge is 0.478 e. The summed E-state index contributed by atoms with van der Waals surface area (Å²) in [7, 11) is -1.37. The lowest BCUT2D eigenvalue weighted by Crippen LogP contribution is -2.34. The van der Waals surface area contributed by atoms with Crippen LogP contribution >= 0.6 is 0 Å². The second-order valence-corrected chi connectivity index (χ2v) is 14.2. The van der Waals surface area contributed by atoms with Gasteiger partial charge in [-0.15, -0.1) is 0 Å². The number of rotatable bonds is 10. The maximum Gasteiger partial charge on any atom is 0.423 e. The number of nitrogens with zero attached hydrogens (tertiary/aromatic N) is 3. The normalized spacial score (nSPS) is 13.3. The van der Waals surface area contributed by atoms with Crippen LogP contribution < -0.4 is 10.9 Å². The van der Waals surface area contributed by atoms with Crippen molar-refractivity contribution in [3.05, 3.63) is 46.1 Å². The number of nitrogens with one attached hydrogen (secondary N) is 1. The van der Waals surface area contributed by atoms with Crippen molar-refractivity contribution in [2.45, 2.75) is 58.1 Å². The number of hydrogen-bond donors (Lipinski definition) is 2. The van der Waals surface area contributed by atoms with Gasteiger partial charge in [0, 0.05) is 39.7 Å². The Morgan fingerprint density at radius 1 is 1.35 bits per heavy atom. The molecule has 0 saturated heterocycles. The molecule has 0 radical (unpaired) electrons. The van der Waals surface area contributed by atoms with Crippen LogP contribution in [-0.2, 0) is 24.2 Å². The molecule has 2 aromatic heterocycles. The molecular formula is C19H27F3N4O4Si. The van der Waals surface area contributed by atoms with E-state index in [4.69, 9.17) is 9.84 Å². The summed E-state index contributed by atoms with van der Waals surface area (Å²) < 4.78 is 48.4. The molecule has 0 unspecified atom stereocenters. The fraction of sp³-hybridized carbons (Fsp3) is 0.526. The highest BCUT2D eigenvalue weighted by Gasteiger charge is 2.38. The quantitative estimate of drug-likeness (QED) is 0.416. The predicted molar refractivity (Wildman–Crippen MR) is 112 cm³/mol. The fourth-order valence-electron chi connectivity index (χ4n) is 2.80. The first kappa shape index (κ1) is 24.7. The average molecular weight is 461 g/mol. The van der Waals surface area contributed by atoms with E-state index in [0.29, 0.717) is 11.3 Å². The van der Waals surface area contributed by atoms with Crippen molar-refractivity contribution in [2.24, 2.45) is 0 Å². The van der Waals surface area contributed by atoms with Crippen LogP contribution in [0.5, 0.6) is 0 Å². The summed E-state index contributed by atoms with van der Waals surface area (Å²) in [6.07, 6.45) is -1.04. The molecule has 0 aliphatic heterocycles. The Morgan fingerprint density at radius 2 is 2.03 bits per heavy atom. The molecule has 1 atom stereocenters. The number of anilines is 1. The number of aromatic carboxylic acids is 1. The Morgan fingerprint density at radius 3 is 2.58 bits per heavy atom. The Kier molecular flexibility index (Phi) is 7.71. The molecule has 0 aliphatic carbocycles. The van der Waals surface area contributed by atoms with E-state index < -0.39 is 43.1 Å². The van der Waals surface area contributed by atoms with E-state index >= 15 is 0 Å². The lowest BCUT2D eigenvalue weighted by atomic mass is 10.2. The summed E-state index contributed by atoms with van der Waals surface area (Å²) in [6, 6.07) is 1.66. The SMILES string of the molecule is C[C@@H](Cn1ccc(C(=O)O)c1)Nc1cnn(COCC[Si](C)(C)C)c(=O)c1C(F)(F)F. The van der Waals surface area contributed by atoms with Crippen molar-refractivity contribution in [3.8, 4) is 0 Å². The number of ether oxygens (including phenoxy) is 1. The van der Waals surface area contributed by atoms with Crippen molar-refractivity contribution in [1.29, 1.82) is 0 Å². The van der Waals surface area contributed by atoms with Crippen LogP contribution in [0.3, 0.4) is 0 Å². The number of aromatic nitrogens is 3. The van der Waals surface area contributed by atoms with Crippen molar-refractivity contribution in [2.75, 3.05) is 11.9 Å². The molecule has 0 aliphatic rings. The molecule has 0 fully saturated rings. The predicted octanol–water partition coefficient (Wildman–Crippen LogP) is 3.57. The summed E-state index contributed by atoms with van der Waals surface area (Å²) in [4.78, 5) is 23.4. The van der Waals surface area contributed by atoms with Crippen molar-refractivity contribution >= 4 is 19.7 Å². The third-order valence-electron chi connectivity index (χ3n) is 4.42. The number of alkyl halides is 3. The van der Waals surface area contributed by atoms with Gasteiger partial charge in [0.1, 0.15) is 12.3 Å². The van der Waals surface area contributed by atoms with Crippen molar-refractivity contribution < 1.29 is 27.8 Å². The minimum Gasteiger partial charge on any atom is -0.478 e. The van der Waals surface area contributed by atoms with E-state index in [1.165, 1.54) is 23.0 Å². The highest BCUT2D eigenvalue weighted by molar-refractivity contribution is 6.76. The zero-order valence-corrected chi connectivity index (χ0v) is 18.9. The zero-order valence-electron chi connectivity index (χ0n) is 17.9. The highest BCUT2D eigenvalue weighted by atomic mass is 28.3. The molecule has 8 nitrogen and oxygen atoms in total. The average Bonchev–Trinajstić information content (AvgIpc) is 3.06. The summed E-state index contributed by atoms with van der Waals surface area (Å²) in [5.41, 5.74) is -3.00. The third-order valence-corrected chi connectivity index (χ3v) is 6.13. The lowest BCUT2D eigenvalue weighted by molar-refractivity contribution is -0.138. The van der Waals surface area contributed by atoms with Gasteiger partial charge in [0.15, 0.2) is 0 Å². The summed E-state index contributed by atoms with van der Waals surface area (Å²) in [5.74, 6) is -1.10. The van der Waals surface area contributed by atoms with E-state index in [1.54, 1.807) is 6.92 Å². The van der Waals surface area contributed by atoms with E-state index in [0.717, 1.165) is 12.2 Å². The van der Waals surface area contributed by atoms with Gasteiger partial charge in [-0.25, -0.2) is 9.48 Å². The first-order valence-corrected chi connectivity index (χ1v) is 13.4. The highest BCUT2D eigenvalue weighted by Crippen LogP contribution is 2.32. The molecule has 172 valence electrons. The van der Waals surface area contributed by atoms with Gasteiger partial charge in [-0.1, -0.05) is 19.6 Å². The van der Waals surface area contributed by atoms with Crippen molar-refractivity contribution in [3.63, 3.8) is 0 Å². The molecule has 2 aromatic rings. The van der Waals surface area contributed by atoms with E-state index in [9.17, 15) is 22.8 Å². The van der Waals surface area contributed by atoms with Gasteiger partial charge < -0.3 is 19.7 Å². The van der Waals surface area contributed by atoms with Gasteiger partial charge in [-0.05, 0) is 19.0 Å². The van der Waals surface area contributed by atoms with Gasteiger partial charge in [-0.2, -0.15) is 18.3 Å². The van der Waals surface area contributed by atoms with Crippen molar-refractivity contribution in [1.82, 2.24) is 14.3 Å². The van der Waals surface area contributed by atoms with Crippen LogP contribution in [0.25, 0.3) is 0 Å². The Labute approximate surface area is 178 Å². The molecule has 0 aromatic carbocycles. The van der Waals surface area contributed by atoms with E-state index in [-0.39, 0.29) is 18.8 Å². The summed E-state index contributed by atoms with van der Waals surface area (Å²) in [6.45, 7) is 8.21. The minimum absolute atomic E-state index is 0.0709. The Balaban J connectivity index is 2.15. The second-order valence-electron chi connectivity index (χ2n) is 8.53. The zero-order chi connectivity index (χ0) is 23.4.